The number of carbonyl (C=O) groups is 2. The molecule has 4 heteroatoms. The molecule has 1 rings (SSSR count). The third kappa shape index (κ3) is 6.75. The van der Waals surface area contributed by atoms with Gasteiger partial charge in [-0.2, -0.15) is 5.26 Å². The Morgan fingerprint density at radius 1 is 1.05 bits per heavy atom. The number of nitriles is 1. The number of hydrogen-bond acceptors (Lipinski definition) is 3. The van der Waals surface area contributed by atoms with Gasteiger partial charge in [-0.1, -0.05) is 64.7 Å². The fraction of sp³-hybridized carbons (Fsp3) is 0.824. The van der Waals surface area contributed by atoms with E-state index in [-0.39, 0.29) is 11.8 Å². The average Bonchev–Trinajstić information content (AvgIpc) is 2.45. The van der Waals surface area contributed by atoms with Gasteiger partial charge in [0, 0.05) is 6.42 Å². The van der Waals surface area contributed by atoms with Gasteiger partial charge in [0.15, 0.2) is 0 Å². The van der Waals surface area contributed by atoms with E-state index in [2.05, 4.69) is 12.2 Å². The number of hydrogen-bond donors (Lipinski definition) is 1. The van der Waals surface area contributed by atoms with Gasteiger partial charge in [0.1, 0.15) is 5.92 Å². The first-order chi connectivity index (χ1) is 10.2. The van der Waals surface area contributed by atoms with E-state index in [0.717, 1.165) is 19.3 Å². The Hall–Kier alpha value is -1.37. The zero-order valence-electron chi connectivity index (χ0n) is 13.2. The number of rotatable bonds is 10. The molecule has 0 aliphatic carbocycles. The first-order valence-electron chi connectivity index (χ1n) is 8.42. The Bertz CT molecular complexity index is 373. The summed E-state index contributed by atoms with van der Waals surface area (Å²) < 4.78 is 0. The first kappa shape index (κ1) is 17.7. The maximum Gasteiger partial charge on any atom is 0.244 e. The lowest BCUT2D eigenvalue weighted by molar-refractivity contribution is -0.137. The molecular weight excluding hydrogens is 264 g/mol. The van der Waals surface area contributed by atoms with Crippen LogP contribution >= 0.6 is 0 Å². The predicted molar refractivity (Wildman–Crippen MR) is 82.2 cm³/mol. The molecule has 1 N–H and O–H groups in total. The van der Waals surface area contributed by atoms with Crippen LogP contribution in [0.1, 0.15) is 77.6 Å². The number of piperidine rings is 1. The number of imide groups is 1. The number of unbranched alkanes of at least 4 members (excludes halogenated alkanes) is 8. The Labute approximate surface area is 128 Å². The lowest BCUT2D eigenvalue weighted by Gasteiger charge is -2.25. The topological polar surface area (TPSA) is 70.0 Å². The minimum Gasteiger partial charge on any atom is -0.295 e. The summed E-state index contributed by atoms with van der Waals surface area (Å²) in [6.45, 7) is 2.23. The molecule has 0 unspecified atom stereocenters. The van der Waals surface area contributed by atoms with Crippen molar-refractivity contribution >= 4 is 11.8 Å². The zero-order chi connectivity index (χ0) is 15.5. The van der Waals surface area contributed by atoms with E-state index in [1.54, 1.807) is 0 Å². The molecule has 0 aromatic heterocycles. The lowest BCUT2D eigenvalue weighted by Crippen LogP contribution is -2.45. The van der Waals surface area contributed by atoms with E-state index < -0.39 is 11.8 Å². The molecule has 1 heterocycles. The summed E-state index contributed by atoms with van der Waals surface area (Å²) in [5.74, 6) is -1.36. The third-order valence-corrected chi connectivity index (χ3v) is 4.28. The van der Waals surface area contributed by atoms with Crippen LogP contribution in [0.5, 0.6) is 0 Å². The molecule has 1 fully saturated rings. The Morgan fingerprint density at radius 2 is 1.62 bits per heavy atom. The minimum absolute atomic E-state index is 0.0826. The summed E-state index contributed by atoms with van der Waals surface area (Å²) in [6.07, 6.45) is 12.4. The van der Waals surface area contributed by atoms with Crippen molar-refractivity contribution < 1.29 is 9.59 Å². The second kappa shape index (κ2) is 10.4. The summed E-state index contributed by atoms with van der Waals surface area (Å²) >= 11 is 0. The molecule has 0 radical (unpaired) electrons. The van der Waals surface area contributed by atoms with E-state index >= 15 is 0 Å². The fourth-order valence-electron chi connectivity index (χ4n) is 2.99. The maximum absolute atomic E-state index is 11.6. The molecule has 0 spiro atoms. The van der Waals surface area contributed by atoms with Crippen LogP contribution in [0.2, 0.25) is 0 Å². The van der Waals surface area contributed by atoms with Gasteiger partial charge in [0.05, 0.1) is 6.07 Å². The van der Waals surface area contributed by atoms with Crippen LogP contribution in [0.4, 0.5) is 0 Å². The second-order valence-corrected chi connectivity index (χ2v) is 6.10. The standard InChI is InChI=1S/C17H28N2O2/c1-2-3-4-5-6-7-8-9-10-11-14-12-16(20)19-17(21)15(14)13-18/h14-15H,2-12H2,1H3,(H,19,20,21)/t14-,15-/m1/s1. The quantitative estimate of drug-likeness (QED) is 0.493. The van der Waals surface area contributed by atoms with Crippen molar-refractivity contribution in [3.8, 4) is 6.07 Å². The summed E-state index contributed by atoms with van der Waals surface area (Å²) in [5.41, 5.74) is 0. The van der Waals surface area contributed by atoms with Gasteiger partial charge in [0.25, 0.3) is 0 Å². The maximum atomic E-state index is 11.6. The van der Waals surface area contributed by atoms with Crippen molar-refractivity contribution in [3.05, 3.63) is 0 Å². The van der Waals surface area contributed by atoms with Crippen LogP contribution in [0, 0.1) is 23.2 Å². The van der Waals surface area contributed by atoms with Gasteiger partial charge in [0.2, 0.25) is 11.8 Å². The summed E-state index contributed by atoms with van der Waals surface area (Å²) in [7, 11) is 0. The Morgan fingerprint density at radius 3 is 2.19 bits per heavy atom. The lowest BCUT2D eigenvalue weighted by atomic mass is 9.82. The van der Waals surface area contributed by atoms with E-state index in [1.807, 2.05) is 6.07 Å². The van der Waals surface area contributed by atoms with Crippen LogP contribution < -0.4 is 5.32 Å². The number of nitrogens with zero attached hydrogens (tertiary/aromatic N) is 1. The average molecular weight is 292 g/mol. The number of amides is 2. The smallest absolute Gasteiger partial charge is 0.244 e. The van der Waals surface area contributed by atoms with Gasteiger partial charge in [-0.05, 0) is 12.3 Å². The molecule has 118 valence electrons. The van der Waals surface area contributed by atoms with Gasteiger partial charge >= 0.3 is 0 Å². The van der Waals surface area contributed by atoms with Gasteiger partial charge in [-0.25, -0.2) is 0 Å². The van der Waals surface area contributed by atoms with Crippen molar-refractivity contribution in [3.63, 3.8) is 0 Å². The van der Waals surface area contributed by atoms with Crippen molar-refractivity contribution in [2.45, 2.75) is 77.6 Å². The van der Waals surface area contributed by atoms with Crippen molar-refractivity contribution in [2.75, 3.05) is 0 Å². The molecule has 2 atom stereocenters. The molecule has 1 aliphatic rings. The molecule has 21 heavy (non-hydrogen) atoms. The van der Waals surface area contributed by atoms with Crippen molar-refractivity contribution in [1.29, 1.82) is 5.26 Å². The van der Waals surface area contributed by atoms with Crippen molar-refractivity contribution in [2.24, 2.45) is 11.8 Å². The molecule has 4 nitrogen and oxygen atoms in total. The summed E-state index contributed by atoms with van der Waals surface area (Å²) in [4.78, 5) is 22.9. The molecular formula is C17H28N2O2. The van der Waals surface area contributed by atoms with Crippen LogP contribution in [0.15, 0.2) is 0 Å². The van der Waals surface area contributed by atoms with E-state index in [1.165, 1.54) is 44.9 Å². The Kier molecular flexibility index (Phi) is 8.73. The molecule has 0 aromatic rings. The molecule has 0 saturated carbocycles. The van der Waals surface area contributed by atoms with Gasteiger partial charge < -0.3 is 0 Å². The number of carbonyl (C=O) groups excluding carboxylic acids is 2. The highest BCUT2D eigenvalue weighted by Crippen LogP contribution is 2.26. The molecule has 0 bridgehead atoms. The monoisotopic (exact) mass is 292 g/mol. The highest BCUT2D eigenvalue weighted by atomic mass is 16.2. The zero-order valence-corrected chi connectivity index (χ0v) is 13.2. The van der Waals surface area contributed by atoms with Crippen LogP contribution in [-0.2, 0) is 9.59 Å². The van der Waals surface area contributed by atoms with Crippen LogP contribution in [0.3, 0.4) is 0 Å². The first-order valence-corrected chi connectivity index (χ1v) is 8.42. The third-order valence-electron chi connectivity index (χ3n) is 4.28. The number of nitrogens with one attached hydrogen (secondary N) is 1. The highest BCUT2D eigenvalue weighted by molar-refractivity contribution is 6.00. The molecule has 1 aliphatic heterocycles. The van der Waals surface area contributed by atoms with Crippen molar-refractivity contribution in [1.82, 2.24) is 5.32 Å². The van der Waals surface area contributed by atoms with Crippen LogP contribution in [0.25, 0.3) is 0 Å². The summed E-state index contributed by atoms with van der Waals surface area (Å²) in [6, 6.07) is 2.04. The molecule has 1 saturated heterocycles. The normalized spacial score (nSPS) is 21.9. The SMILES string of the molecule is CCCCCCCCCCC[C@@H]1CC(=O)NC(=O)[C@@H]1C#N. The summed E-state index contributed by atoms with van der Waals surface area (Å²) in [5, 5.41) is 11.3. The largest absolute Gasteiger partial charge is 0.295 e. The molecule has 0 aromatic carbocycles. The van der Waals surface area contributed by atoms with Crippen LogP contribution in [-0.4, -0.2) is 11.8 Å². The van der Waals surface area contributed by atoms with E-state index in [4.69, 9.17) is 5.26 Å². The highest BCUT2D eigenvalue weighted by Gasteiger charge is 2.35. The van der Waals surface area contributed by atoms with Gasteiger partial charge in [-0.15, -0.1) is 0 Å². The second-order valence-electron chi connectivity index (χ2n) is 6.10. The van der Waals surface area contributed by atoms with Gasteiger partial charge in [-0.3, -0.25) is 14.9 Å². The molecule has 2 amide bonds. The van der Waals surface area contributed by atoms with E-state index in [0.29, 0.717) is 6.42 Å². The Balaban J connectivity index is 2.10. The fourth-order valence-corrected chi connectivity index (χ4v) is 2.99. The minimum atomic E-state index is -0.642. The van der Waals surface area contributed by atoms with E-state index in [9.17, 15) is 9.59 Å². The predicted octanol–water partition coefficient (Wildman–Crippen LogP) is 3.71.